The largest absolute Gasteiger partial charge is 0.497 e. The second-order valence-corrected chi connectivity index (χ2v) is 3.73. The molecule has 0 unspecified atom stereocenters. The number of benzene rings is 1. The van der Waals surface area contributed by atoms with E-state index in [1.165, 1.54) is 0 Å². The highest BCUT2D eigenvalue weighted by Crippen LogP contribution is 2.29. The first-order valence-corrected chi connectivity index (χ1v) is 5.18. The van der Waals surface area contributed by atoms with Crippen molar-refractivity contribution in [2.75, 3.05) is 28.3 Å². The lowest BCUT2D eigenvalue weighted by atomic mass is 10.1. The number of rotatable bonds is 5. The summed E-state index contributed by atoms with van der Waals surface area (Å²) >= 11 is 0. The van der Waals surface area contributed by atoms with Crippen LogP contribution < -0.4 is 9.47 Å². The van der Waals surface area contributed by atoms with Crippen molar-refractivity contribution in [3.05, 3.63) is 30.0 Å². The van der Waals surface area contributed by atoms with Crippen molar-refractivity contribution in [1.82, 2.24) is 4.90 Å². The summed E-state index contributed by atoms with van der Waals surface area (Å²) in [5.74, 6) is 1.31. The Morgan fingerprint density at radius 3 is 2.41 bits per heavy atom. The molecule has 0 saturated carbocycles. The molecule has 17 heavy (non-hydrogen) atoms. The molecular formula is C13H17NO3. The Kier molecular flexibility index (Phi) is 4.57. The van der Waals surface area contributed by atoms with Crippen molar-refractivity contribution in [3.63, 3.8) is 0 Å². The van der Waals surface area contributed by atoms with Gasteiger partial charge in [0.25, 0.3) is 0 Å². The Morgan fingerprint density at radius 2 is 1.94 bits per heavy atom. The molecular weight excluding hydrogens is 218 g/mol. The molecule has 0 atom stereocenters. The maximum atomic E-state index is 11.1. The van der Waals surface area contributed by atoms with E-state index in [1.54, 1.807) is 38.6 Å². The van der Waals surface area contributed by atoms with Crippen LogP contribution in [0.2, 0.25) is 0 Å². The zero-order valence-electron chi connectivity index (χ0n) is 10.6. The fourth-order valence-corrected chi connectivity index (χ4v) is 1.48. The van der Waals surface area contributed by atoms with Gasteiger partial charge in [-0.25, -0.2) is 0 Å². The average molecular weight is 235 g/mol. The predicted molar refractivity (Wildman–Crippen MR) is 67.3 cm³/mol. The zero-order chi connectivity index (χ0) is 12.8. The molecule has 0 aliphatic heterocycles. The maximum absolute atomic E-state index is 11.1. The Bertz CT molecular complexity index is 425. The SMILES string of the molecule is COc1ccc(/C(C=O)=C/N(C)C)c(OC)c1. The van der Waals surface area contributed by atoms with Crippen LogP contribution in [0.5, 0.6) is 11.5 Å². The van der Waals surface area contributed by atoms with Crippen LogP contribution in [-0.4, -0.2) is 39.5 Å². The minimum absolute atomic E-state index is 0.564. The Morgan fingerprint density at radius 1 is 1.24 bits per heavy atom. The van der Waals surface area contributed by atoms with E-state index in [9.17, 15) is 4.79 Å². The normalized spacial score (nSPS) is 10.9. The summed E-state index contributed by atoms with van der Waals surface area (Å²) in [5.41, 5.74) is 1.31. The van der Waals surface area contributed by atoms with Crippen molar-refractivity contribution in [2.45, 2.75) is 0 Å². The predicted octanol–water partition coefficient (Wildman–Crippen LogP) is 1.81. The zero-order valence-corrected chi connectivity index (χ0v) is 10.6. The standard InChI is InChI=1S/C13H17NO3/c1-14(2)8-10(9-15)12-6-5-11(16-3)7-13(12)17-4/h5-9H,1-4H3/b10-8+. The lowest BCUT2D eigenvalue weighted by Gasteiger charge is -2.12. The van der Waals surface area contributed by atoms with Gasteiger partial charge in [-0.1, -0.05) is 0 Å². The number of carbonyl (C=O) groups is 1. The van der Waals surface area contributed by atoms with Gasteiger partial charge in [0.2, 0.25) is 0 Å². The van der Waals surface area contributed by atoms with Crippen molar-refractivity contribution in [1.29, 1.82) is 0 Å². The third-order valence-corrected chi connectivity index (χ3v) is 2.24. The van der Waals surface area contributed by atoms with Crippen molar-refractivity contribution >= 4 is 11.9 Å². The summed E-state index contributed by atoms with van der Waals surface area (Å²) in [6, 6.07) is 5.36. The smallest absolute Gasteiger partial charge is 0.152 e. The molecule has 0 amide bonds. The number of hydrogen-bond donors (Lipinski definition) is 0. The molecule has 1 aromatic rings. The Labute approximate surface area is 101 Å². The molecule has 0 radical (unpaired) electrons. The van der Waals surface area contributed by atoms with Crippen LogP contribution in [-0.2, 0) is 4.79 Å². The van der Waals surface area contributed by atoms with Gasteiger partial charge in [-0.3, -0.25) is 4.79 Å². The lowest BCUT2D eigenvalue weighted by molar-refractivity contribution is -0.103. The highest BCUT2D eigenvalue weighted by atomic mass is 16.5. The Hall–Kier alpha value is -1.97. The van der Waals surface area contributed by atoms with E-state index >= 15 is 0 Å². The van der Waals surface area contributed by atoms with Gasteiger partial charge in [-0.05, 0) is 12.1 Å². The molecule has 0 heterocycles. The van der Waals surface area contributed by atoms with E-state index in [2.05, 4.69) is 0 Å². The molecule has 4 nitrogen and oxygen atoms in total. The van der Waals surface area contributed by atoms with Gasteiger partial charge >= 0.3 is 0 Å². The molecule has 1 rings (SSSR count). The number of ether oxygens (including phenoxy) is 2. The van der Waals surface area contributed by atoms with Crippen LogP contribution in [0.25, 0.3) is 5.57 Å². The van der Waals surface area contributed by atoms with Gasteiger partial charge in [-0.15, -0.1) is 0 Å². The van der Waals surface area contributed by atoms with E-state index in [-0.39, 0.29) is 0 Å². The first-order chi connectivity index (χ1) is 8.12. The van der Waals surface area contributed by atoms with E-state index in [0.29, 0.717) is 17.1 Å². The third kappa shape index (κ3) is 3.24. The minimum atomic E-state index is 0.564. The van der Waals surface area contributed by atoms with Crippen LogP contribution in [0, 0.1) is 0 Å². The van der Waals surface area contributed by atoms with E-state index in [1.807, 2.05) is 19.0 Å². The molecule has 0 aromatic heterocycles. The van der Waals surface area contributed by atoms with Gasteiger partial charge in [0.1, 0.15) is 11.5 Å². The first kappa shape index (κ1) is 13.1. The van der Waals surface area contributed by atoms with E-state index in [4.69, 9.17) is 9.47 Å². The minimum Gasteiger partial charge on any atom is -0.497 e. The lowest BCUT2D eigenvalue weighted by Crippen LogP contribution is -2.04. The molecule has 0 fully saturated rings. The summed E-state index contributed by atoms with van der Waals surface area (Å²) in [7, 11) is 6.88. The summed E-state index contributed by atoms with van der Waals surface area (Å²) in [5, 5.41) is 0. The highest BCUT2D eigenvalue weighted by molar-refractivity contribution is 6.07. The fraction of sp³-hybridized carbons (Fsp3) is 0.308. The second-order valence-electron chi connectivity index (χ2n) is 3.73. The molecule has 0 bridgehead atoms. The van der Waals surface area contributed by atoms with Crippen LogP contribution in [0.4, 0.5) is 0 Å². The molecule has 4 heteroatoms. The molecule has 0 saturated heterocycles. The maximum Gasteiger partial charge on any atom is 0.152 e. The van der Waals surface area contributed by atoms with Crippen molar-refractivity contribution in [3.8, 4) is 11.5 Å². The highest BCUT2D eigenvalue weighted by Gasteiger charge is 2.09. The quantitative estimate of drug-likeness (QED) is 0.576. The van der Waals surface area contributed by atoms with E-state index < -0.39 is 0 Å². The van der Waals surface area contributed by atoms with Crippen LogP contribution >= 0.6 is 0 Å². The summed E-state index contributed by atoms with van der Waals surface area (Å²) in [6.45, 7) is 0. The number of nitrogens with zero attached hydrogens (tertiary/aromatic N) is 1. The third-order valence-electron chi connectivity index (χ3n) is 2.24. The molecule has 1 aromatic carbocycles. The van der Waals surface area contributed by atoms with Gasteiger partial charge < -0.3 is 14.4 Å². The number of hydrogen-bond acceptors (Lipinski definition) is 4. The number of carbonyl (C=O) groups excluding carboxylic acids is 1. The molecule has 0 aliphatic rings. The second kappa shape index (κ2) is 5.94. The van der Waals surface area contributed by atoms with Gasteiger partial charge in [-0.2, -0.15) is 0 Å². The molecule has 0 spiro atoms. The van der Waals surface area contributed by atoms with Gasteiger partial charge in [0.15, 0.2) is 6.29 Å². The monoisotopic (exact) mass is 235 g/mol. The number of aldehydes is 1. The first-order valence-electron chi connectivity index (χ1n) is 5.18. The molecule has 0 N–H and O–H groups in total. The van der Waals surface area contributed by atoms with Gasteiger partial charge in [0.05, 0.1) is 14.2 Å². The van der Waals surface area contributed by atoms with Crippen molar-refractivity contribution < 1.29 is 14.3 Å². The van der Waals surface area contributed by atoms with E-state index in [0.717, 1.165) is 11.8 Å². The summed E-state index contributed by atoms with van der Waals surface area (Å²) < 4.78 is 10.4. The number of methoxy groups -OCH3 is 2. The van der Waals surface area contributed by atoms with Crippen LogP contribution in [0.15, 0.2) is 24.4 Å². The van der Waals surface area contributed by atoms with Crippen molar-refractivity contribution in [2.24, 2.45) is 0 Å². The Balaban J connectivity index is 3.24. The van der Waals surface area contributed by atoms with Crippen LogP contribution in [0.3, 0.4) is 0 Å². The average Bonchev–Trinajstić information content (AvgIpc) is 2.35. The number of allylic oxidation sites excluding steroid dienone is 1. The molecule has 0 aliphatic carbocycles. The van der Waals surface area contributed by atoms with Crippen LogP contribution in [0.1, 0.15) is 5.56 Å². The summed E-state index contributed by atoms with van der Waals surface area (Å²) in [4.78, 5) is 12.9. The fourth-order valence-electron chi connectivity index (χ4n) is 1.48. The summed E-state index contributed by atoms with van der Waals surface area (Å²) in [6.07, 6.45) is 2.56. The van der Waals surface area contributed by atoms with Gasteiger partial charge in [0, 0.05) is 37.5 Å². The molecule has 92 valence electrons. The topological polar surface area (TPSA) is 38.8 Å².